The van der Waals surface area contributed by atoms with Crippen molar-refractivity contribution >= 4 is 23.7 Å². The highest BCUT2D eigenvalue weighted by Crippen LogP contribution is 2.13. The minimum Gasteiger partial charge on any atom is -0.497 e. The molecule has 1 fully saturated rings. The van der Waals surface area contributed by atoms with Crippen molar-refractivity contribution in [3.8, 4) is 5.75 Å². The number of carbonyl (C=O) groups excluding carboxylic acids is 4. The van der Waals surface area contributed by atoms with Gasteiger partial charge in [-0.15, -0.1) is 0 Å². The van der Waals surface area contributed by atoms with Crippen LogP contribution in [0.25, 0.3) is 0 Å². The molecule has 8 nitrogen and oxygen atoms in total. The van der Waals surface area contributed by atoms with Gasteiger partial charge in [0.1, 0.15) is 11.8 Å². The molecule has 146 valence electrons. The molecule has 1 aromatic rings. The predicted octanol–water partition coefficient (Wildman–Crippen LogP) is 1.14. The van der Waals surface area contributed by atoms with Crippen LogP contribution < -0.4 is 10.1 Å². The van der Waals surface area contributed by atoms with E-state index in [9.17, 15) is 19.2 Å². The number of hydrogen-bond donors (Lipinski definition) is 1. The molecule has 0 spiro atoms. The lowest BCUT2D eigenvalue weighted by atomic mass is 10.0. The molecule has 1 aromatic carbocycles. The fourth-order valence-electron chi connectivity index (χ4n) is 2.68. The number of carbonyl (C=O) groups is 4. The van der Waals surface area contributed by atoms with Gasteiger partial charge in [0.05, 0.1) is 7.11 Å². The van der Waals surface area contributed by atoms with Gasteiger partial charge < -0.3 is 14.8 Å². The molecule has 1 aliphatic heterocycles. The maximum absolute atomic E-state index is 12.4. The third kappa shape index (κ3) is 5.29. The quantitative estimate of drug-likeness (QED) is 0.716. The summed E-state index contributed by atoms with van der Waals surface area (Å²) >= 11 is 0. The van der Waals surface area contributed by atoms with Crippen LogP contribution in [0, 0.1) is 5.92 Å². The molecule has 8 heteroatoms. The van der Waals surface area contributed by atoms with Crippen molar-refractivity contribution in [1.29, 1.82) is 0 Å². The lowest BCUT2D eigenvalue weighted by molar-refractivity contribution is -0.156. The normalized spacial score (nSPS) is 14.8. The first-order chi connectivity index (χ1) is 12.8. The molecule has 1 atom stereocenters. The molecule has 0 radical (unpaired) electrons. The van der Waals surface area contributed by atoms with E-state index >= 15 is 0 Å². The average Bonchev–Trinajstić information content (AvgIpc) is 3.09. The van der Waals surface area contributed by atoms with E-state index in [2.05, 4.69) is 5.32 Å². The molecule has 0 aromatic heterocycles. The fourth-order valence-corrected chi connectivity index (χ4v) is 2.68. The Morgan fingerprint density at radius 3 is 2.37 bits per heavy atom. The van der Waals surface area contributed by atoms with Crippen molar-refractivity contribution in [3.05, 3.63) is 29.8 Å². The summed E-state index contributed by atoms with van der Waals surface area (Å²) < 4.78 is 10.1. The second-order valence-electron chi connectivity index (χ2n) is 6.57. The number of rotatable bonds is 7. The zero-order valence-electron chi connectivity index (χ0n) is 15.7. The summed E-state index contributed by atoms with van der Waals surface area (Å²) in [6.07, 6.45) is 0.942. The van der Waals surface area contributed by atoms with Crippen LogP contribution >= 0.6 is 0 Å². The highest BCUT2D eigenvalue weighted by molar-refractivity contribution is 5.99. The lowest BCUT2D eigenvalue weighted by Gasteiger charge is -2.21. The number of esters is 1. The van der Waals surface area contributed by atoms with Crippen LogP contribution in [0.2, 0.25) is 0 Å². The standard InChI is InChI=1S/C19H24N2O6/c1-12(2)17(20-18(24)13-6-8-14(26-3)9-7-13)19(25)27-11-16(23)21-10-4-5-15(21)22/h6-9,12,17H,4-5,10-11H2,1-3H3,(H,20,24)/t17-/m0/s1. The SMILES string of the molecule is COc1ccc(C(=O)N[C@H](C(=O)OCC(=O)N2CCCC2=O)C(C)C)cc1. The van der Waals surface area contributed by atoms with Gasteiger partial charge in [0.25, 0.3) is 11.8 Å². The molecule has 1 heterocycles. The van der Waals surface area contributed by atoms with Crippen LogP contribution in [0.15, 0.2) is 24.3 Å². The fraction of sp³-hybridized carbons (Fsp3) is 0.474. The van der Waals surface area contributed by atoms with E-state index in [0.717, 1.165) is 4.90 Å². The zero-order valence-corrected chi connectivity index (χ0v) is 15.7. The minimum atomic E-state index is -0.915. The lowest BCUT2D eigenvalue weighted by Crippen LogP contribution is -2.46. The predicted molar refractivity (Wildman–Crippen MR) is 96.0 cm³/mol. The van der Waals surface area contributed by atoms with E-state index in [1.807, 2.05) is 0 Å². The Bertz CT molecular complexity index is 713. The van der Waals surface area contributed by atoms with E-state index in [1.165, 1.54) is 7.11 Å². The van der Waals surface area contributed by atoms with Gasteiger partial charge in [-0.25, -0.2) is 4.79 Å². The maximum Gasteiger partial charge on any atom is 0.329 e. The van der Waals surface area contributed by atoms with E-state index in [4.69, 9.17) is 9.47 Å². The number of nitrogens with zero attached hydrogens (tertiary/aromatic N) is 1. The van der Waals surface area contributed by atoms with Crippen molar-refractivity contribution in [3.63, 3.8) is 0 Å². The number of methoxy groups -OCH3 is 1. The number of nitrogens with one attached hydrogen (secondary N) is 1. The molecule has 3 amide bonds. The van der Waals surface area contributed by atoms with Crippen molar-refractivity contribution in [2.45, 2.75) is 32.7 Å². The third-order valence-electron chi connectivity index (χ3n) is 4.27. The van der Waals surface area contributed by atoms with Gasteiger partial charge >= 0.3 is 5.97 Å². The Kier molecular flexibility index (Phi) is 6.92. The highest BCUT2D eigenvalue weighted by Gasteiger charge is 2.30. The molecule has 1 aliphatic rings. The van der Waals surface area contributed by atoms with Crippen molar-refractivity contribution in [1.82, 2.24) is 10.2 Å². The molecular weight excluding hydrogens is 352 g/mol. The Morgan fingerprint density at radius 1 is 1.19 bits per heavy atom. The summed E-state index contributed by atoms with van der Waals surface area (Å²) in [4.78, 5) is 49.3. The van der Waals surface area contributed by atoms with Crippen LogP contribution in [0.4, 0.5) is 0 Å². The van der Waals surface area contributed by atoms with Gasteiger partial charge in [-0.3, -0.25) is 19.3 Å². The number of ether oxygens (including phenoxy) is 2. The monoisotopic (exact) mass is 376 g/mol. The highest BCUT2D eigenvalue weighted by atomic mass is 16.5. The smallest absolute Gasteiger partial charge is 0.329 e. The molecule has 0 saturated carbocycles. The average molecular weight is 376 g/mol. The number of hydrogen-bond acceptors (Lipinski definition) is 6. The van der Waals surface area contributed by atoms with Gasteiger partial charge in [0, 0.05) is 18.5 Å². The van der Waals surface area contributed by atoms with Crippen LogP contribution in [-0.4, -0.2) is 54.9 Å². The first-order valence-corrected chi connectivity index (χ1v) is 8.78. The largest absolute Gasteiger partial charge is 0.497 e. The topological polar surface area (TPSA) is 102 Å². The summed E-state index contributed by atoms with van der Waals surface area (Å²) in [5.74, 6) is -1.59. The van der Waals surface area contributed by atoms with Crippen LogP contribution in [0.1, 0.15) is 37.0 Å². The van der Waals surface area contributed by atoms with Crippen molar-refractivity contribution < 1.29 is 28.7 Å². The Morgan fingerprint density at radius 2 is 1.85 bits per heavy atom. The van der Waals surface area contributed by atoms with Gasteiger partial charge in [-0.1, -0.05) is 13.8 Å². The minimum absolute atomic E-state index is 0.247. The van der Waals surface area contributed by atoms with E-state index in [-0.39, 0.29) is 11.8 Å². The Labute approximate surface area is 157 Å². The van der Waals surface area contributed by atoms with Crippen molar-refractivity contribution in [2.24, 2.45) is 5.92 Å². The van der Waals surface area contributed by atoms with Crippen LogP contribution in [0.3, 0.4) is 0 Å². The van der Waals surface area contributed by atoms with E-state index in [1.54, 1.807) is 38.1 Å². The Hall–Kier alpha value is -2.90. The molecule has 0 unspecified atom stereocenters. The van der Waals surface area contributed by atoms with Crippen LogP contribution in [0.5, 0.6) is 5.75 Å². The first kappa shape index (κ1) is 20.4. The van der Waals surface area contributed by atoms with Gasteiger partial charge in [0.2, 0.25) is 5.91 Å². The summed E-state index contributed by atoms with van der Waals surface area (Å²) in [6.45, 7) is 3.33. The second kappa shape index (κ2) is 9.16. The molecule has 0 aliphatic carbocycles. The number of imide groups is 1. The van der Waals surface area contributed by atoms with Gasteiger partial charge in [-0.05, 0) is 36.6 Å². The summed E-state index contributed by atoms with van der Waals surface area (Å²) in [6, 6.07) is 5.53. The second-order valence-corrected chi connectivity index (χ2v) is 6.57. The number of likely N-dealkylation sites (tertiary alicyclic amines) is 1. The molecule has 27 heavy (non-hydrogen) atoms. The van der Waals surface area contributed by atoms with E-state index in [0.29, 0.717) is 30.7 Å². The van der Waals surface area contributed by atoms with Gasteiger partial charge in [0.15, 0.2) is 6.61 Å². The summed E-state index contributed by atoms with van der Waals surface area (Å²) in [7, 11) is 1.52. The summed E-state index contributed by atoms with van der Waals surface area (Å²) in [5, 5.41) is 2.63. The molecular formula is C19H24N2O6. The zero-order chi connectivity index (χ0) is 20.0. The van der Waals surface area contributed by atoms with Crippen molar-refractivity contribution in [2.75, 3.05) is 20.3 Å². The third-order valence-corrected chi connectivity index (χ3v) is 4.27. The molecule has 2 rings (SSSR count). The number of benzene rings is 1. The molecule has 0 bridgehead atoms. The van der Waals surface area contributed by atoms with Crippen LogP contribution in [-0.2, 0) is 19.1 Å². The van der Waals surface area contributed by atoms with E-state index < -0.39 is 30.4 Å². The summed E-state index contributed by atoms with van der Waals surface area (Å²) in [5.41, 5.74) is 0.369. The molecule has 1 saturated heterocycles. The maximum atomic E-state index is 12.4. The van der Waals surface area contributed by atoms with Gasteiger partial charge in [-0.2, -0.15) is 0 Å². The molecule has 1 N–H and O–H groups in total. The Balaban J connectivity index is 1.94. The number of amides is 3. The first-order valence-electron chi connectivity index (χ1n) is 8.78.